The highest BCUT2D eigenvalue weighted by Gasteiger charge is 2.18. The molecule has 0 saturated carbocycles. The van der Waals surface area contributed by atoms with Crippen molar-refractivity contribution < 1.29 is 9.90 Å². The van der Waals surface area contributed by atoms with Crippen molar-refractivity contribution in [2.24, 2.45) is 0 Å². The SMILES string of the molecule is Cc1nc(-c2cc(C(=O)O)c(C)c(C)c2C)c(C)[nH]1. The van der Waals surface area contributed by atoms with Gasteiger partial charge >= 0.3 is 5.97 Å². The smallest absolute Gasteiger partial charge is 0.335 e. The van der Waals surface area contributed by atoms with Gasteiger partial charge in [0.1, 0.15) is 5.82 Å². The summed E-state index contributed by atoms with van der Waals surface area (Å²) < 4.78 is 0. The molecule has 1 aromatic heterocycles. The Hall–Kier alpha value is -2.10. The zero-order valence-electron chi connectivity index (χ0n) is 11.9. The van der Waals surface area contributed by atoms with Crippen molar-refractivity contribution in [2.45, 2.75) is 34.6 Å². The molecule has 2 rings (SSSR count). The fourth-order valence-corrected chi connectivity index (χ4v) is 2.39. The number of benzene rings is 1. The molecule has 2 N–H and O–H groups in total. The highest BCUT2D eigenvalue weighted by molar-refractivity contribution is 5.92. The van der Waals surface area contributed by atoms with Gasteiger partial charge in [0, 0.05) is 11.3 Å². The Morgan fingerprint density at radius 3 is 2.21 bits per heavy atom. The number of imidazole rings is 1. The largest absolute Gasteiger partial charge is 0.478 e. The van der Waals surface area contributed by atoms with E-state index in [1.54, 1.807) is 6.07 Å². The van der Waals surface area contributed by atoms with Crippen LogP contribution in [0.4, 0.5) is 0 Å². The van der Waals surface area contributed by atoms with E-state index in [4.69, 9.17) is 0 Å². The summed E-state index contributed by atoms with van der Waals surface area (Å²) in [7, 11) is 0. The quantitative estimate of drug-likeness (QED) is 0.868. The number of carboxylic acids is 1. The molecule has 0 saturated heterocycles. The van der Waals surface area contributed by atoms with Crippen molar-refractivity contribution in [3.63, 3.8) is 0 Å². The van der Waals surface area contributed by atoms with Crippen LogP contribution in [0, 0.1) is 34.6 Å². The third-order valence-corrected chi connectivity index (χ3v) is 3.71. The Morgan fingerprint density at radius 2 is 1.74 bits per heavy atom. The predicted octanol–water partition coefficient (Wildman–Crippen LogP) is 3.32. The maximum Gasteiger partial charge on any atom is 0.335 e. The van der Waals surface area contributed by atoms with E-state index in [0.717, 1.165) is 39.5 Å². The number of hydrogen-bond donors (Lipinski definition) is 2. The number of rotatable bonds is 2. The molecule has 2 aromatic rings. The topological polar surface area (TPSA) is 66.0 Å². The summed E-state index contributed by atoms with van der Waals surface area (Å²) in [6.07, 6.45) is 0. The molecular formula is C15H18N2O2. The van der Waals surface area contributed by atoms with Crippen LogP contribution < -0.4 is 0 Å². The van der Waals surface area contributed by atoms with E-state index >= 15 is 0 Å². The number of nitrogens with one attached hydrogen (secondary N) is 1. The standard InChI is InChI=1S/C15H18N2O2/c1-7-8(2)12(6-13(9(7)3)15(18)19)14-10(4)16-11(5)17-14/h6H,1-5H3,(H,16,17)(H,18,19). The van der Waals surface area contributed by atoms with Crippen LogP contribution in [0.1, 0.15) is 38.6 Å². The van der Waals surface area contributed by atoms with Crippen molar-refractivity contribution in [1.82, 2.24) is 9.97 Å². The molecule has 0 radical (unpaired) electrons. The summed E-state index contributed by atoms with van der Waals surface area (Å²) in [6, 6.07) is 1.72. The molecular weight excluding hydrogens is 240 g/mol. The molecule has 1 aromatic carbocycles. The Bertz CT molecular complexity index is 669. The average Bonchev–Trinajstić information content (AvgIpc) is 2.65. The van der Waals surface area contributed by atoms with Crippen LogP contribution in [0.25, 0.3) is 11.3 Å². The zero-order valence-corrected chi connectivity index (χ0v) is 11.9. The van der Waals surface area contributed by atoms with Gasteiger partial charge < -0.3 is 10.1 Å². The average molecular weight is 258 g/mol. The second kappa shape index (κ2) is 4.53. The summed E-state index contributed by atoms with van der Waals surface area (Å²) in [5.41, 5.74) is 5.94. The molecule has 0 atom stereocenters. The zero-order chi connectivity index (χ0) is 14.3. The monoisotopic (exact) mass is 258 g/mol. The molecule has 0 aliphatic rings. The Labute approximate surface area is 112 Å². The van der Waals surface area contributed by atoms with E-state index in [1.165, 1.54) is 0 Å². The minimum atomic E-state index is -0.897. The molecule has 1 heterocycles. The van der Waals surface area contributed by atoms with Gasteiger partial charge in [-0.1, -0.05) is 0 Å². The van der Waals surface area contributed by atoms with Crippen LogP contribution >= 0.6 is 0 Å². The first-order valence-electron chi connectivity index (χ1n) is 6.20. The van der Waals surface area contributed by atoms with Gasteiger partial charge in [0.15, 0.2) is 0 Å². The van der Waals surface area contributed by atoms with Gasteiger partial charge in [0.05, 0.1) is 11.3 Å². The van der Waals surface area contributed by atoms with Gasteiger partial charge in [-0.3, -0.25) is 0 Å². The van der Waals surface area contributed by atoms with Crippen molar-refractivity contribution in [3.8, 4) is 11.3 Å². The first kappa shape index (κ1) is 13.3. The number of aromatic amines is 1. The number of aryl methyl sites for hydroxylation is 2. The van der Waals surface area contributed by atoms with E-state index in [1.807, 2.05) is 34.6 Å². The maximum atomic E-state index is 11.3. The second-order valence-electron chi connectivity index (χ2n) is 4.95. The van der Waals surface area contributed by atoms with Crippen molar-refractivity contribution in [1.29, 1.82) is 0 Å². The lowest BCUT2D eigenvalue weighted by Crippen LogP contribution is -2.04. The maximum absolute atomic E-state index is 11.3. The van der Waals surface area contributed by atoms with Crippen LogP contribution in [-0.2, 0) is 0 Å². The molecule has 0 unspecified atom stereocenters. The first-order chi connectivity index (χ1) is 8.82. The van der Waals surface area contributed by atoms with E-state index in [2.05, 4.69) is 9.97 Å². The number of carbonyl (C=O) groups is 1. The lowest BCUT2D eigenvalue weighted by Gasteiger charge is -2.13. The van der Waals surface area contributed by atoms with Crippen molar-refractivity contribution >= 4 is 5.97 Å². The predicted molar refractivity (Wildman–Crippen MR) is 74.7 cm³/mol. The molecule has 0 amide bonds. The van der Waals surface area contributed by atoms with Crippen LogP contribution in [0.2, 0.25) is 0 Å². The van der Waals surface area contributed by atoms with Crippen molar-refractivity contribution in [2.75, 3.05) is 0 Å². The van der Waals surface area contributed by atoms with E-state index in [0.29, 0.717) is 5.56 Å². The summed E-state index contributed by atoms with van der Waals surface area (Å²) in [4.78, 5) is 19.0. The molecule has 0 fully saturated rings. The summed E-state index contributed by atoms with van der Waals surface area (Å²) in [6.45, 7) is 9.65. The lowest BCUT2D eigenvalue weighted by molar-refractivity contribution is 0.0696. The molecule has 4 heteroatoms. The molecule has 4 nitrogen and oxygen atoms in total. The minimum Gasteiger partial charge on any atom is -0.478 e. The van der Waals surface area contributed by atoms with Crippen LogP contribution in [0.5, 0.6) is 0 Å². The summed E-state index contributed by atoms with van der Waals surface area (Å²) >= 11 is 0. The molecule has 0 bridgehead atoms. The van der Waals surface area contributed by atoms with Crippen molar-refractivity contribution in [3.05, 3.63) is 39.8 Å². The lowest BCUT2D eigenvalue weighted by atomic mass is 9.92. The number of nitrogens with zero attached hydrogens (tertiary/aromatic N) is 1. The van der Waals surface area contributed by atoms with Crippen LogP contribution in [0.15, 0.2) is 6.07 Å². The molecule has 19 heavy (non-hydrogen) atoms. The second-order valence-corrected chi connectivity index (χ2v) is 4.95. The van der Waals surface area contributed by atoms with Crippen LogP contribution in [-0.4, -0.2) is 21.0 Å². The van der Waals surface area contributed by atoms with Gasteiger partial charge in [-0.05, 0) is 57.4 Å². The third kappa shape index (κ3) is 2.14. The Kier molecular flexibility index (Phi) is 3.18. The van der Waals surface area contributed by atoms with Gasteiger partial charge in [0.25, 0.3) is 0 Å². The van der Waals surface area contributed by atoms with Gasteiger partial charge in [-0.2, -0.15) is 0 Å². The van der Waals surface area contributed by atoms with Gasteiger partial charge in [0.2, 0.25) is 0 Å². The first-order valence-corrected chi connectivity index (χ1v) is 6.20. The summed E-state index contributed by atoms with van der Waals surface area (Å²) in [5, 5.41) is 9.30. The third-order valence-electron chi connectivity index (χ3n) is 3.71. The normalized spacial score (nSPS) is 10.8. The molecule has 0 aliphatic carbocycles. The number of carboxylic acid groups (broad SMARTS) is 1. The number of aromatic carboxylic acids is 1. The summed E-state index contributed by atoms with van der Waals surface area (Å²) in [5.74, 6) is -0.0613. The molecule has 0 aliphatic heterocycles. The fraction of sp³-hybridized carbons (Fsp3) is 0.333. The number of aromatic nitrogens is 2. The highest BCUT2D eigenvalue weighted by Crippen LogP contribution is 2.30. The Balaban J connectivity index is 2.77. The van der Waals surface area contributed by atoms with E-state index in [-0.39, 0.29) is 0 Å². The van der Waals surface area contributed by atoms with E-state index < -0.39 is 5.97 Å². The van der Waals surface area contributed by atoms with E-state index in [9.17, 15) is 9.90 Å². The molecule has 0 spiro atoms. The van der Waals surface area contributed by atoms with Crippen LogP contribution in [0.3, 0.4) is 0 Å². The number of hydrogen-bond acceptors (Lipinski definition) is 2. The van der Waals surface area contributed by atoms with Gasteiger partial charge in [-0.15, -0.1) is 0 Å². The Morgan fingerprint density at radius 1 is 1.11 bits per heavy atom. The molecule has 100 valence electrons. The number of H-pyrrole nitrogens is 1. The van der Waals surface area contributed by atoms with Gasteiger partial charge in [-0.25, -0.2) is 9.78 Å². The fourth-order valence-electron chi connectivity index (χ4n) is 2.39. The minimum absolute atomic E-state index is 0.346. The highest BCUT2D eigenvalue weighted by atomic mass is 16.4.